The van der Waals surface area contributed by atoms with Gasteiger partial charge in [0, 0.05) is 44.6 Å². The maximum absolute atomic E-state index is 12.7. The standard InChI is InChI=1S/C20H28N4O2/c25-16-5-9-24(10-6-16)20-17-7-11-23(12-8-18(17)21-14-22-20)19(26)13-15-3-1-2-4-15/h1,3,14-16,25H,2,4-13H2/t15-/m1/s1. The van der Waals surface area contributed by atoms with E-state index in [0.717, 1.165) is 76.2 Å². The highest BCUT2D eigenvalue weighted by Gasteiger charge is 2.26. The Kier molecular flexibility index (Phi) is 5.20. The van der Waals surface area contributed by atoms with Gasteiger partial charge in [0.1, 0.15) is 12.1 Å². The Morgan fingerprint density at radius 1 is 1.12 bits per heavy atom. The molecule has 3 aliphatic rings. The molecule has 0 bridgehead atoms. The van der Waals surface area contributed by atoms with Crippen molar-refractivity contribution in [2.75, 3.05) is 31.1 Å². The molecule has 140 valence electrons. The molecule has 0 radical (unpaired) electrons. The monoisotopic (exact) mass is 356 g/mol. The van der Waals surface area contributed by atoms with E-state index in [2.05, 4.69) is 27.0 Å². The Morgan fingerprint density at radius 3 is 2.69 bits per heavy atom. The molecule has 1 fully saturated rings. The molecule has 6 nitrogen and oxygen atoms in total. The molecular weight excluding hydrogens is 328 g/mol. The van der Waals surface area contributed by atoms with Gasteiger partial charge in [-0.15, -0.1) is 0 Å². The number of aromatic nitrogens is 2. The minimum Gasteiger partial charge on any atom is -0.393 e. The molecule has 1 N–H and O–H groups in total. The van der Waals surface area contributed by atoms with Crippen molar-refractivity contribution < 1.29 is 9.90 Å². The fraction of sp³-hybridized carbons (Fsp3) is 0.650. The third-order valence-electron chi connectivity index (χ3n) is 5.93. The number of aliphatic hydroxyl groups excluding tert-OH is 1. The van der Waals surface area contributed by atoms with Crippen molar-refractivity contribution in [3.8, 4) is 0 Å². The third kappa shape index (κ3) is 3.75. The quantitative estimate of drug-likeness (QED) is 0.835. The highest BCUT2D eigenvalue weighted by Crippen LogP contribution is 2.27. The van der Waals surface area contributed by atoms with Gasteiger partial charge in [0.2, 0.25) is 5.91 Å². The van der Waals surface area contributed by atoms with E-state index in [4.69, 9.17) is 0 Å². The molecule has 0 spiro atoms. The Balaban J connectivity index is 1.45. The molecule has 1 atom stereocenters. The topological polar surface area (TPSA) is 69.6 Å². The van der Waals surface area contributed by atoms with E-state index >= 15 is 0 Å². The van der Waals surface area contributed by atoms with Crippen molar-refractivity contribution in [2.45, 2.75) is 51.0 Å². The zero-order valence-electron chi connectivity index (χ0n) is 15.3. The predicted octanol–water partition coefficient (Wildman–Crippen LogP) is 1.72. The summed E-state index contributed by atoms with van der Waals surface area (Å²) in [7, 11) is 0. The number of piperidine rings is 1. The average Bonchev–Trinajstić information content (AvgIpc) is 3.06. The molecule has 1 saturated heterocycles. The summed E-state index contributed by atoms with van der Waals surface area (Å²) < 4.78 is 0. The number of carbonyl (C=O) groups is 1. The predicted molar refractivity (Wildman–Crippen MR) is 100.0 cm³/mol. The maximum Gasteiger partial charge on any atom is 0.223 e. The number of fused-ring (bicyclic) bond motifs is 1. The first kappa shape index (κ1) is 17.5. The molecule has 1 amide bonds. The minimum atomic E-state index is -0.190. The van der Waals surface area contributed by atoms with Gasteiger partial charge in [-0.25, -0.2) is 9.97 Å². The summed E-state index contributed by atoms with van der Waals surface area (Å²) >= 11 is 0. The lowest BCUT2D eigenvalue weighted by Gasteiger charge is -2.32. The first-order valence-corrected chi connectivity index (χ1v) is 9.91. The van der Waals surface area contributed by atoms with Gasteiger partial charge in [-0.1, -0.05) is 12.2 Å². The zero-order valence-corrected chi connectivity index (χ0v) is 15.3. The molecule has 26 heavy (non-hydrogen) atoms. The van der Waals surface area contributed by atoms with Gasteiger partial charge < -0.3 is 14.9 Å². The Labute approximate surface area is 154 Å². The minimum absolute atomic E-state index is 0.190. The van der Waals surface area contributed by atoms with Gasteiger partial charge in [-0.3, -0.25) is 4.79 Å². The van der Waals surface area contributed by atoms with Gasteiger partial charge in [-0.05, 0) is 38.0 Å². The van der Waals surface area contributed by atoms with Crippen LogP contribution in [0.4, 0.5) is 5.82 Å². The summed E-state index contributed by atoms with van der Waals surface area (Å²) in [6.45, 7) is 3.17. The van der Waals surface area contributed by atoms with Crippen LogP contribution in [-0.4, -0.2) is 58.2 Å². The number of hydrogen-bond acceptors (Lipinski definition) is 5. The third-order valence-corrected chi connectivity index (χ3v) is 5.93. The highest BCUT2D eigenvalue weighted by molar-refractivity contribution is 5.77. The summed E-state index contributed by atoms with van der Waals surface area (Å²) in [5.74, 6) is 1.70. The van der Waals surface area contributed by atoms with Crippen LogP contribution in [0.25, 0.3) is 0 Å². The van der Waals surface area contributed by atoms with E-state index in [1.54, 1.807) is 6.33 Å². The molecule has 0 saturated carbocycles. The Hall–Kier alpha value is -1.95. The number of anilines is 1. The second-order valence-electron chi connectivity index (χ2n) is 7.69. The summed E-state index contributed by atoms with van der Waals surface area (Å²) in [5.41, 5.74) is 2.28. The lowest BCUT2D eigenvalue weighted by Crippen LogP contribution is -2.37. The smallest absolute Gasteiger partial charge is 0.223 e. The summed E-state index contributed by atoms with van der Waals surface area (Å²) in [6.07, 6.45) is 11.9. The molecule has 3 heterocycles. The molecule has 4 rings (SSSR count). The first-order valence-electron chi connectivity index (χ1n) is 9.91. The fourth-order valence-corrected chi connectivity index (χ4v) is 4.33. The van der Waals surface area contributed by atoms with E-state index in [-0.39, 0.29) is 12.0 Å². The van der Waals surface area contributed by atoms with Crippen molar-refractivity contribution in [2.24, 2.45) is 5.92 Å². The number of hydrogen-bond donors (Lipinski definition) is 1. The molecule has 0 aromatic carbocycles. The number of carbonyl (C=O) groups excluding carboxylic acids is 1. The van der Waals surface area contributed by atoms with Crippen molar-refractivity contribution in [3.05, 3.63) is 29.7 Å². The van der Waals surface area contributed by atoms with E-state index in [1.807, 2.05) is 4.90 Å². The van der Waals surface area contributed by atoms with Crippen molar-refractivity contribution in [3.63, 3.8) is 0 Å². The Bertz CT molecular complexity index is 682. The van der Waals surface area contributed by atoms with E-state index < -0.39 is 0 Å². The second kappa shape index (κ2) is 7.74. The van der Waals surface area contributed by atoms with Crippen LogP contribution in [0.2, 0.25) is 0 Å². The lowest BCUT2D eigenvalue weighted by atomic mass is 10.0. The van der Waals surface area contributed by atoms with Crippen LogP contribution in [0, 0.1) is 5.92 Å². The van der Waals surface area contributed by atoms with Crippen LogP contribution in [0.15, 0.2) is 18.5 Å². The van der Waals surface area contributed by atoms with Crippen LogP contribution in [0.5, 0.6) is 0 Å². The number of allylic oxidation sites excluding steroid dienone is 2. The Morgan fingerprint density at radius 2 is 1.92 bits per heavy atom. The first-order chi connectivity index (χ1) is 12.7. The highest BCUT2D eigenvalue weighted by atomic mass is 16.3. The van der Waals surface area contributed by atoms with Gasteiger partial charge in [-0.2, -0.15) is 0 Å². The molecule has 2 aliphatic heterocycles. The van der Waals surface area contributed by atoms with Gasteiger partial charge in [0.25, 0.3) is 0 Å². The number of amides is 1. The fourth-order valence-electron chi connectivity index (χ4n) is 4.33. The lowest BCUT2D eigenvalue weighted by molar-refractivity contribution is -0.131. The van der Waals surface area contributed by atoms with Gasteiger partial charge in [0.15, 0.2) is 0 Å². The van der Waals surface area contributed by atoms with Crippen LogP contribution in [0.3, 0.4) is 0 Å². The normalized spacial score (nSPS) is 23.8. The SMILES string of the molecule is O=C(C[C@@H]1C=CCC1)N1CCc2ncnc(N3CCC(O)CC3)c2CC1. The molecule has 1 aromatic heterocycles. The van der Waals surface area contributed by atoms with Crippen molar-refractivity contribution >= 4 is 11.7 Å². The van der Waals surface area contributed by atoms with Crippen LogP contribution >= 0.6 is 0 Å². The van der Waals surface area contributed by atoms with Gasteiger partial charge >= 0.3 is 0 Å². The second-order valence-corrected chi connectivity index (χ2v) is 7.69. The largest absolute Gasteiger partial charge is 0.393 e. The average molecular weight is 356 g/mol. The van der Waals surface area contributed by atoms with E-state index in [1.165, 1.54) is 5.56 Å². The summed E-state index contributed by atoms with van der Waals surface area (Å²) in [6, 6.07) is 0. The molecule has 0 unspecified atom stereocenters. The van der Waals surface area contributed by atoms with Gasteiger partial charge in [0.05, 0.1) is 11.8 Å². The number of rotatable bonds is 3. The molecule has 6 heteroatoms. The molecule has 1 aromatic rings. The van der Waals surface area contributed by atoms with E-state index in [0.29, 0.717) is 12.3 Å². The molecular formula is C20H28N4O2. The molecule has 1 aliphatic carbocycles. The van der Waals surface area contributed by atoms with Crippen LogP contribution < -0.4 is 4.90 Å². The van der Waals surface area contributed by atoms with Crippen molar-refractivity contribution in [1.29, 1.82) is 0 Å². The number of aliphatic hydroxyl groups is 1. The van der Waals surface area contributed by atoms with Crippen LogP contribution in [-0.2, 0) is 17.6 Å². The number of nitrogens with zero attached hydrogens (tertiary/aromatic N) is 4. The van der Waals surface area contributed by atoms with Crippen molar-refractivity contribution in [1.82, 2.24) is 14.9 Å². The zero-order chi connectivity index (χ0) is 17.9. The summed E-state index contributed by atoms with van der Waals surface area (Å²) in [4.78, 5) is 26.0. The van der Waals surface area contributed by atoms with Crippen LogP contribution in [0.1, 0.15) is 43.4 Å². The maximum atomic E-state index is 12.7. The van der Waals surface area contributed by atoms with E-state index in [9.17, 15) is 9.90 Å². The summed E-state index contributed by atoms with van der Waals surface area (Å²) in [5, 5.41) is 9.76.